The second-order valence-electron chi connectivity index (χ2n) is 20.0. The van der Waals surface area contributed by atoms with Crippen LogP contribution in [0.15, 0.2) is 140 Å². The van der Waals surface area contributed by atoms with E-state index in [0.717, 1.165) is 0 Å². The summed E-state index contributed by atoms with van der Waals surface area (Å²) in [6.07, 6.45) is 0. The zero-order chi connectivity index (χ0) is 41.2. The summed E-state index contributed by atoms with van der Waals surface area (Å²) < 4.78 is 2.66. The number of fused-ring (bicyclic) bond motifs is 7. The van der Waals surface area contributed by atoms with Gasteiger partial charge >= 0.3 is 0 Å². The van der Waals surface area contributed by atoms with E-state index >= 15 is 0 Å². The Morgan fingerprint density at radius 3 is 1.58 bits per heavy atom. The molecule has 8 aromatic rings. The number of benzene rings is 7. The molecule has 2 aliphatic rings. The van der Waals surface area contributed by atoms with Crippen molar-refractivity contribution in [3.63, 3.8) is 0 Å². The molecule has 0 N–H and O–H groups in total. The van der Waals surface area contributed by atoms with Gasteiger partial charge in [0, 0.05) is 54.3 Å². The van der Waals surface area contributed by atoms with Gasteiger partial charge in [0.05, 0.1) is 0 Å². The Balaban J connectivity index is 1.22. The zero-order valence-corrected chi connectivity index (χ0v) is 37.0. The molecule has 0 aliphatic carbocycles. The highest BCUT2D eigenvalue weighted by molar-refractivity contribution is 7.25. The number of hydrogen-bond donors (Lipinski definition) is 0. The fraction of sp³-hybridized carbons (Fsp3) is 0.236. The normalized spacial score (nSPS) is 13.8. The van der Waals surface area contributed by atoms with Crippen molar-refractivity contribution in [2.45, 2.75) is 85.5 Å². The molecule has 59 heavy (non-hydrogen) atoms. The molecule has 292 valence electrons. The fourth-order valence-corrected chi connectivity index (χ4v) is 10.6. The topological polar surface area (TPSA) is 6.48 Å². The van der Waals surface area contributed by atoms with Crippen molar-refractivity contribution in [1.29, 1.82) is 0 Å². The molecule has 0 radical (unpaired) electrons. The Labute approximate surface area is 355 Å². The molecule has 4 heteroatoms. The van der Waals surface area contributed by atoms with Gasteiger partial charge in [-0.1, -0.05) is 141 Å². The van der Waals surface area contributed by atoms with Crippen molar-refractivity contribution < 1.29 is 0 Å². The average molecular weight is 785 g/mol. The Morgan fingerprint density at radius 2 is 0.966 bits per heavy atom. The van der Waals surface area contributed by atoms with E-state index in [9.17, 15) is 0 Å². The van der Waals surface area contributed by atoms with Crippen LogP contribution in [0.4, 0.5) is 34.1 Å². The van der Waals surface area contributed by atoms with Crippen LogP contribution in [0.3, 0.4) is 0 Å². The molecule has 10 rings (SSSR count). The predicted molar refractivity (Wildman–Crippen MR) is 260 cm³/mol. The van der Waals surface area contributed by atoms with Crippen LogP contribution in [0.5, 0.6) is 0 Å². The first-order chi connectivity index (χ1) is 28.0. The minimum absolute atomic E-state index is 0.000677. The molecule has 0 fully saturated rings. The minimum Gasteiger partial charge on any atom is -0.311 e. The largest absolute Gasteiger partial charge is 0.311 e. The van der Waals surface area contributed by atoms with E-state index in [-0.39, 0.29) is 23.0 Å². The molecule has 0 bridgehead atoms. The van der Waals surface area contributed by atoms with Gasteiger partial charge in [-0.05, 0) is 134 Å². The minimum atomic E-state index is -0.00695. The highest BCUT2D eigenvalue weighted by Gasteiger charge is 2.44. The van der Waals surface area contributed by atoms with Crippen LogP contribution in [-0.4, -0.2) is 6.71 Å². The van der Waals surface area contributed by atoms with Gasteiger partial charge in [-0.3, -0.25) is 0 Å². The summed E-state index contributed by atoms with van der Waals surface area (Å²) in [7, 11) is 0. The Morgan fingerprint density at radius 1 is 0.424 bits per heavy atom. The lowest BCUT2D eigenvalue weighted by molar-refractivity contribution is 0.590. The summed E-state index contributed by atoms with van der Waals surface area (Å²) in [5.74, 6) is 0. The van der Waals surface area contributed by atoms with E-state index in [1.54, 1.807) is 0 Å². The van der Waals surface area contributed by atoms with Gasteiger partial charge in [-0.15, -0.1) is 11.3 Å². The lowest BCUT2D eigenvalue weighted by Gasteiger charge is -2.45. The van der Waals surface area contributed by atoms with Crippen molar-refractivity contribution in [2.75, 3.05) is 9.80 Å². The van der Waals surface area contributed by atoms with Gasteiger partial charge in [0.15, 0.2) is 0 Å². The molecule has 0 spiro atoms. The van der Waals surface area contributed by atoms with Gasteiger partial charge < -0.3 is 9.80 Å². The number of rotatable bonds is 3. The molecule has 1 aromatic heterocycles. The smallest absolute Gasteiger partial charge is 0.252 e. The van der Waals surface area contributed by atoms with E-state index in [1.807, 2.05) is 11.3 Å². The Kier molecular flexibility index (Phi) is 8.44. The monoisotopic (exact) mass is 784 g/mol. The number of anilines is 6. The molecule has 0 saturated heterocycles. The third-order valence-electron chi connectivity index (χ3n) is 12.8. The molecule has 0 amide bonds. The molecular formula is C55H53BN2S. The summed E-state index contributed by atoms with van der Waals surface area (Å²) in [6.45, 7) is 23.2. The van der Waals surface area contributed by atoms with Gasteiger partial charge in [-0.2, -0.15) is 0 Å². The van der Waals surface area contributed by atoms with Crippen LogP contribution in [0, 0.1) is 6.92 Å². The maximum Gasteiger partial charge on any atom is 0.252 e. The summed E-state index contributed by atoms with van der Waals surface area (Å²) in [5.41, 5.74) is 19.3. The van der Waals surface area contributed by atoms with E-state index in [0.29, 0.717) is 0 Å². The molecule has 0 saturated carbocycles. The van der Waals surface area contributed by atoms with Crippen molar-refractivity contribution in [2.24, 2.45) is 0 Å². The third-order valence-corrected chi connectivity index (χ3v) is 13.9. The molecular weight excluding hydrogens is 731 g/mol. The van der Waals surface area contributed by atoms with E-state index in [2.05, 4.69) is 219 Å². The molecule has 2 aliphatic heterocycles. The standard InChI is InChI=1S/C55H53BN2S/c1-34-28-48-52-49(29-34)58(41-15-13-14-35(30-41)36-18-25-43-42-16-11-12-17-50(42)59-51(43)31-36)47-27-22-39(55(8,9)10)33-45(47)56(52)44-32-38(54(5,6)7)21-26-46(44)57(48)40-23-19-37(20-24-40)53(2,3)4/h11-33H,1-10H3. The van der Waals surface area contributed by atoms with E-state index < -0.39 is 0 Å². The van der Waals surface area contributed by atoms with Gasteiger partial charge in [-0.25, -0.2) is 0 Å². The summed E-state index contributed by atoms with van der Waals surface area (Å²) in [5, 5.41) is 2.66. The van der Waals surface area contributed by atoms with Gasteiger partial charge in [0.1, 0.15) is 0 Å². The molecule has 7 aromatic carbocycles. The second-order valence-corrected chi connectivity index (χ2v) is 21.1. The zero-order valence-electron chi connectivity index (χ0n) is 36.2. The van der Waals surface area contributed by atoms with Crippen molar-refractivity contribution in [3.8, 4) is 11.1 Å². The van der Waals surface area contributed by atoms with Gasteiger partial charge in [0.2, 0.25) is 0 Å². The van der Waals surface area contributed by atoms with Crippen LogP contribution < -0.4 is 26.2 Å². The molecule has 0 atom stereocenters. The lowest BCUT2D eigenvalue weighted by atomic mass is 9.33. The summed E-state index contributed by atoms with van der Waals surface area (Å²) in [6, 6.07) is 53.7. The van der Waals surface area contributed by atoms with Crippen LogP contribution in [0.25, 0.3) is 31.3 Å². The maximum absolute atomic E-state index is 2.56. The maximum atomic E-state index is 2.56. The Hall–Kier alpha value is -5.58. The quantitative estimate of drug-likeness (QED) is 0.165. The van der Waals surface area contributed by atoms with Crippen LogP contribution in [0.1, 0.15) is 84.6 Å². The second kappa shape index (κ2) is 13.2. The first-order valence-electron chi connectivity index (χ1n) is 21.2. The highest BCUT2D eigenvalue weighted by atomic mass is 32.1. The SMILES string of the molecule is Cc1cc2c3c(c1)N(c1cccc(-c4ccc5c(c4)sc4ccccc45)c1)c1ccc(C(C)(C)C)cc1B3c1cc(C(C)(C)C)ccc1N2c1ccc(C(C)(C)C)cc1. The number of hydrogen-bond acceptors (Lipinski definition) is 3. The lowest BCUT2D eigenvalue weighted by Crippen LogP contribution is -2.61. The first kappa shape index (κ1) is 37.7. The number of aryl methyl sites for hydroxylation is 1. The predicted octanol–water partition coefficient (Wildman–Crippen LogP) is 14.0. The van der Waals surface area contributed by atoms with Crippen LogP contribution in [-0.2, 0) is 16.2 Å². The number of thiophene rings is 1. The highest BCUT2D eigenvalue weighted by Crippen LogP contribution is 2.47. The summed E-state index contributed by atoms with van der Waals surface area (Å²) in [4.78, 5) is 5.11. The first-order valence-corrected chi connectivity index (χ1v) is 22.0. The van der Waals surface area contributed by atoms with Crippen molar-refractivity contribution in [3.05, 3.63) is 162 Å². The number of nitrogens with zero attached hydrogens (tertiary/aromatic N) is 2. The average Bonchev–Trinajstić information content (AvgIpc) is 3.57. The molecule has 3 heterocycles. The Bertz CT molecular complexity index is 2970. The fourth-order valence-electron chi connectivity index (χ4n) is 9.47. The van der Waals surface area contributed by atoms with Crippen molar-refractivity contribution >= 4 is 88.7 Å². The third kappa shape index (κ3) is 6.22. The van der Waals surface area contributed by atoms with E-state index in [1.165, 1.54) is 104 Å². The molecule has 0 unspecified atom stereocenters. The molecule has 2 nitrogen and oxygen atoms in total. The van der Waals surface area contributed by atoms with Crippen LogP contribution >= 0.6 is 11.3 Å². The van der Waals surface area contributed by atoms with Gasteiger partial charge in [0.25, 0.3) is 6.71 Å². The van der Waals surface area contributed by atoms with E-state index in [4.69, 9.17) is 0 Å². The van der Waals surface area contributed by atoms with Crippen LogP contribution in [0.2, 0.25) is 0 Å². The summed E-state index contributed by atoms with van der Waals surface area (Å²) >= 11 is 1.88. The van der Waals surface area contributed by atoms with Crippen molar-refractivity contribution in [1.82, 2.24) is 0 Å².